The van der Waals surface area contributed by atoms with Crippen molar-refractivity contribution >= 4 is 18.2 Å². The minimum absolute atomic E-state index is 0.144. The first-order valence-electron chi connectivity index (χ1n) is 3.83. The number of amides is 3. The Hall–Kier alpha value is -1.69. The minimum Gasteiger partial charge on any atom is -0.376 e. The zero-order valence-corrected chi connectivity index (χ0v) is 8.28. The maximum absolute atomic E-state index is 10.2. The van der Waals surface area contributed by atoms with E-state index in [0.717, 1.165) is 0 Å². The Morgan fingerprint density at radius 1 is 1.57 bits per heavy atom. The topological polar surface area (TPSA) is 90.8 Å². The van der Waals surface area contributed by atoms with Crippen molar-refractivity contribution in [2.75, 3.05) is 13.8 Å². The number of aliphatic hydroxyl groups is 1. The van der Waals surface area contributed by atoms with Crippen LogP contribution in [0.1, 0.15) is 6.92 Å². The van der Waals surface area contributed by atoms with Crippen LogP contribution in [0.2, 0.25) is 0 Å². The zero-order chi connectivity index (χ0) is 11.4. The summed E-state index contributed by atoms with van der Waals surface area (Å²) in [4.78, 5) is 23.4. The van der Waals surface area contributed by atoms with Gasteiger partial charge in [-0.05, 0) is 13.0 Å². The highest BCUT2D eigenvalue weighted by Crippen LogP contribution is 1.67. The second-order valence-corrected chi connectivity index (χ2v) is 1.85. The van der Waals surface area contributed by atoms with E-state index in [2.05, 4.69) is 22.2 Å². The van der Waals surface area contributed by atoms with Gasteiger partial charge in [-0.15, -0.1) is 0 Å². The SMILES string of the molecule is C=CC(=O)NC.CC=NC(=O)NCO. The fourth-order valence-corrected chi connectivity index (χ4v) is 0.333. The van der Waals surface area contributed by atoms with Crippen LogP contribution in [0.3, 0.4) is 0 Å². The molecule has 0 fully saturated rings. The molecule has 3 amide bonds. The molecule has 0 bridgehead atoms. The average Bonchev–Trinajstić information content (AvgIpc) is 2.18. The van der Waals surface area contributed by atoms with Gasteiger partial charge in [-0.2, -0.15) is 0 Å². The number of hydrogen-bond donors (Lipinski definition) is 3. The van der Waals surface area contributed by atoms with Crippen LogP contribution in [0, 0.1) is 0 Å². The average molecular weight is 201 g/mol. The number of likely N-dealkylation sites (N-methyl/N-ethyl adjacent to an activating group) is 1. The van der Waals surface area contributed by atoms with Gasteiger partial charge in [0.15, 0.2) is 0 Å². The fourth-order valence-electron chi connectivity index (χ4n) is 0.333. The summed E-state index contributed by atoms with van der Waals surface area (Å²) in [6.07, 6.45) is 2.57. The van der Waals surface area contributed by atoms with E-state index in [4.69, 9.17) is 5.11 Å². The largest absolute Gasteiger partial charge is 0.376 e. The molecule has 14 heavy (non-hydrogen) atoms. The van der Waals surface area contributed by atoms with Gasteiger partial charge in [0.05, 0.1) is 0 Å². The molecule has 0 aromatic heterocycles. The lowest BCUT2D eigenvalue weighted by Gasteiger charge is -1.90. The summed E-state index contributed by atoms with van der Waals surface area (Å²) in [7, 11) is 1.56. The van der Waals surface area contributed by atoms with Crippen LogP contribution in [-0.2, 0) is 4.79 Å². The number of carbonyl (C=O) groups excluding carboxylic acids is 2. The van der Waals surface area contributed by atoms with E-state index in [9.17, 15) is 9.59 Å². The summed E-state index contributed by atoms with van der Waals surface area (Å²) in [5.41, 5.74) is 0. The molecule has 0 saturated heterocycles. The van der Waals surface area contributed by atoms with Gasteiger partial charge >= 0.3 is 6.03 Å². The summed E-state index contributed by atoms with van der Waals surface area (Å²) in [6, 6.07) is -0.519. The summed E-state index contributed by atoms with van der Waals surface area (Å²) >= 11 is 0. The lowest BCUT2D eigenvalue weighted by atomic mass is 10.6. The maximum Gasteiger partial charge on any atom is 0.342 e. The Bertz CT molecular complexity index is 214. The van der Waals surface area contributed by atoms with E-state index < -0.39 is 6.03 Å². The van der Waals surface area contributed by atoms with Crippen molar-refractivity contribution in [3.05, 3.63) is 12.7 Å². The molecule has 0 unspecified atom stereocenters. The first-order chi connectivity index (χ1) is 6.62. The molecule has 3 N–H and O–H groups in total. The van der Waals surface area contributed by atoms with E-state index in [-0.39, 0.29) is 12.6 Å². The van der Waals surface area contributed by atoms with Gasteiger partial charge in [0, 0.05) is 13.3 Å². The molecule has 0 radical (unpaired) electrons. The van der Waals surface area contributed by atoms with Crippen LogP contribution < -0.4 is 10.6 Å². The van der Waals surface area contributed by atoms with Crippen molar-refractivity contribution in [3.63, 3.8) is 0 Å². The smallest absolute Gasteiger partial charge is 0.342 e. The van der Waals surface area contributed by atoms with Gasteiger partial charge in [-0.3, -0.25) is 4.79 Å². The first kappa shape index (κ1) is 14.8. The molecular weight excluding hydrogens is 186 g/mol. The quantitative estimate of drug-likeness (QED) is 0.324. The highest BCUT2D eigenvalue weighted by Gasteiger charge is 1.87. The van der Waals surface area contributed by atoms with E-state index in [1.165, 1.54) is 12.3 Å². The number of carbonyl (C=O) groups is 2. The number of nitrogens with zero attached hydrogens (tertiary/aromatic N) is 1. The minimum atomic E-state index is -0.519. The predicted octanol–water partition coefficient (Wildman–Crippen LogP) is -0.345. The molecule has 0 aromatic carbocycles. The van der Waals surface area contributed by atoms with Crippen molar-refractivity contribution in [3.8, 4) is 0 Å². The van der Waals surface area contributed by atoms with Gasteiger partial charge in [0.2, 0.25) is 5.91 Å². The van der Waals surface area contributed by atoms with Gasteiger partial charge in [-0.1, -0.05) is 6.58 Å². The van der Waals surface area contributed by atoms with Crippen molar-refractivity contribution in [1.82, 2.24) is 10.6 Å². The van der Waals surface area contributed by atoms with Crippen molar-refractivity contribution in [2.24, 2.45) is 4.99 Å². The molecule has 0 heterocycles. The summed E-state index contributed by atoms with van der Waals surface area (Å²) in [5.74, 6) is -0.144. The molecule has 80 valence electrons. The monoisotopic (exact) mass is 201 g/mol. The van der Waals surface area contributed by atoms with Crippen molar-refractivity contribution in [1.29, 1.82) is 0 Å². The molecular formula is C8H15N3O3. The highest BCUT2D eigenvalue weighted by atomic mass is 16.3. The van der Waals surface area contributed by atoms with Gasteiger partial charge in [0.1, 0.15) is 6.73 Å². The number of aliphatic hydroxyl groups excluding tert-OH is 1. The van der Waals surface area contributed by atoms with Gasteiger partial charge in [-0.25, -0.2) is 9.79 Å². The Labute approximate surface area is 82.7 Å². The van der Waals surface area contributed by atoms with Crippen LogP contribution >= 0.6 is 0 Å². The van der Waals surface area contributed by atoms with Crippen molar-refractivity contribution in [2.45, 2.75) is 6.92 Å². The Morgan fingerprint density at radius 3 is 2.36 bits per heavy atom. The third kappa shape index (κ3) is 12.9. The summed E-state index contributed by atoms with van der Waals surface area (Å²) in [6.45, 7) is 4.48. The number of urea groups is 1. The number of aliphatic imine (C=N–C) groups is 1. The second kappa shape index (κ2) is 11.3. The van der Waals surface area contributed by atoms with Crippen LogP contribution in [0.4, 0.5) is 4.79 Å². The molecule has 0 aromatic rings. The normalized spacial score (nSPS) is 8.50. The third-order valence-electron chi connectivity index (χ3n) is 0.908. The molecule has 0 saturated carbocycles. The lowest BCUT2D eigenvalue weighted by Crippen LogP contribution is -2.20. The van der Waals surface area contributed by atoms with Crippen molar-refractivity contribution < 1.29 is 14.7 Å². The summed E-state index contributed by atoms with van der Waals surface area (Å²) in [5, 5.41) is 12.5. The number of rotatable bonds is 2. The molecule has 0 rings (SSSR count). The van der Waals surface area contributed by atoms with E-state index in [0.29, 0.717) is 0 Å². The summed E-state index contributed by atoms with van der Waals surface area (Å²) < 4.78 is 0. The van der Waals surface area contributed by atoms with E-state index in [1.54, 1.807) is 14.0 Å². The Morgan fingerprint density at radius 2 is 2.14 bits per heavy atom. The van der Waals surface area contributed by atoms with Crippen LogP contribution in [-0.4, -0.2) is 37.0 Å². The van der Waals surface area contributed by atoms with E-state index >= 15 is 0 Å². The van der Waals surface area contributed by atoms with Crippen LogP contribution in [0.25, 0.3) is 0 Å². The van der Waals surface area contributed by atoms with Gasteiger partial charge in [0.25, 0.3) is 0 Å². The second-order valence-electron chi connectivity index (χ2n) is 1.85. The third-order valence-corrected chi connectivity index (χ3v) is 0.908. The molecule has 0 aliphatic rings. The van der Waals surface area contributed by atoms with E-state index in [1.807, 2.05) is 0 Å². The fraction of sp³-hybridized carbons (Fsp3) is 0.375. The molecule has 0 spiro atoms. The Kier molecular flexibility index (Phi) is 12.0. The lowest BCUT2D eigenvalue weighted by molar-refractivity contribution is -0.116. The number of hydrogen-bond acceptors (Lipinski definition) is 3. The predicted molar refractivity (Wildman–Crippen MR) is 54.0 cm³/mol. The van der Waals surface area contributed by atoms with Gasteiger partial charge < -0.3 is 15.7 Å². The zero-order valence-electron chi connectivity index (χ0n) is 8.28. The van der Waals surface area contributed by atoms with Crippen LogP contribution in [0.15, 0.2) is 17.6 Å². The highest BCUT2D eigenvalue weighted by molar-refractivity contribution is 5.86. The molecule has 0 atom stereocenters. The maximum atomic E-state index is 10.2. The molecule has 6 nitrogen and oxygen atoms in total. The molecule has 0 aliphatic carbocycles. The molecule has 0 aliphatic heterocycles. The first-order valence-corrected chi connectivity index (χ1v) is 3.83. The standard InChI is InChI=1S/C4H8N2O2.C4H7NO/c1-2-5-4(8)6-3-7;1-3-4(6)5-2/h2,7H,3H2,1H3,(H,6,8);3H,1H2,2H3,(H,5,6). The Balaban J connectivity index is 0. The number of nitrogens with one attached hydrogen (secondary N) is 2. The van der Waals surface area contributed by atoms with Crippen LogP contribution in [0.5, 0.6) is 0 Å². The molecule has 6 heteroatoms.